The van der Waals surface area contributed by atoms with Gasteiger partial charge >= 0.3 is 0 Å². The van der Waals surface area contributed by atoms with Gasteiger partial charge in [-0.3, -0.25) is 0 Å². The van der Waals surface area contributed by atoms with E-state index in [1.54, 1.807) is 0 Å². The molecule has 1 heterocycles. The lowest BCUT2D eigenvalue weighted by atomic mass is 9.78. The van der Waals surface area contributed by atoms with Crippen LogP contribution < -0.4 is 5.73 Å². The number of piperidine rings is 1. The summed E-state index contributed by atoms with van der Waals surface area (Å²) in [4.78, 5) is 2.34. The molecule has 0 aliphatic carbocycles. The van der Waals surface area contributed by atoms with Crippen LogP contribution >= 0.6 is 0 Å². The lowest BCUT2D eigenvalue weighted by Crippen LogP contribution is -2.52. The molecule has 0 spiro atoms. The van der Waals surface area contributed by atoms with Gasteiger partial charge in [-0.15, -0.1) is 0 Å². The fraction of sp³-hybridized carbons (Fsp3) is 1.00. The van der Waals surface area contributed by atoms with Crippen LogP contribution in [0.25, 0.3) is 0 Å². The molecule has 1 aliphatic heterocycles. The lowest BCUT2D eigenvalue weighted by Gasteiger charge is -2.43. The molecule has 13 heavy (non-hydrogen) atoms. The highest BCUT2D eigenvalue weighted by Crippen LogP contribution is 2.30. The number of aliphatic hydroxyl groups excluding tert-OH is 1. The second-order valence-electron chi connectivity index (χ2n) is 4.51. The first kappa shape index (κ1) is 11.0. The topological polar surface area (TPSA) is 49.5 Å². The normalized spacial score (nSPS) is 30.0. The molecule has 1 fully saturated rings. The van der Waals surface area contributed by atoms with Gasteiger partial charge in [0.15, 0.2) is 0 Å². The molecule has 3 heteroatoms. The molecule has 0 saturated carbocycles. The fourth-order valence-electron chi connectivity index (χ4n) is 2.26. The lowest BCUT2D eigenvalue weighted by molar-refractivity contribution is 0.0237. The molecule has 0 amide bonds. The molecular formula is C10H22N2O. The second-order valence-corrected chi connectivity index (χ2v) is 4.51. The van der Waals surface area contributed by atoms with Gasteiger partial charge < -0.3 is 15.7 Å². The van der Waals surface area contributed by atoms with Gasteiger partial charge in [0.2, 0.25) is 0 Å². The minimum Gasteiger partial charge on any atom is -0.396 e. The predicted molar refractivity (Wildman–Crippen MR) is 54.5 cm³/mol. The summed E-state index contributed by atoms with van der Waals surface area (Å²) in [5.41, 5.74) is 5.61. The molecule has 0 radical (unpaired) electrons. The summed E-state index contributed by atoms with van der Waals surface area (Å²) in [7, 11) is 2.13. The Bertz CT molecular complexity index is 157. The summed E-state index contributed by atoms with van der Waals surface area (Å²) in [6, 6.07) is 0.455. The highest BCUT2D eigenvalue weighted by molar-refractivity contribution is 4.90. The summed E-state index contributed by atoms with van der Waals surface area (Å²) < 4.78 is 0. The Balaban J connectivity index is 2.65. The van der Waals surface area contributed by atoms with E-state index in [0.717, 1.165) is 6.54 Å². The van der Waals surface area contributed by atoms with Gasteiger partial charge in [-0.1, -0.05) is 13.3 Å². The van der Waals surface area contributed by atoms with Crippen molar-refractivity contribution in [2.45, 2.75) is 32.2 Å². The minimum absolute atomic E-state index is 0.116. The standard InChI is InChI=1S/C10H22N2O/c1-10(7-11,8-13)9-5-3-4-6-12(9)2/h9,13H,3-8,11H2,1-2H3. The van der Waals surface area contributed by atoms with Gasteiger partial charge in [-0.25, -0.2) is 0 Å². The zero-order valence-corrected chi connectivity index (χ0v) is 8.79. The van der Waals surface area contributed by atoms with E-state index >= 15 is 0 Å². The smallest absolute Gasteiger partial charge is 0.0511 e. The van der Waals surface area contributed by atoms with Crippen molar-refractivity contribution >= 4 is 0 Å². The first-order chi connectivity index (χ1) is 6.14. The third kappa shape index (κ3) is 2.22. The molecule has 0 aromatic heterocycles. The van der Waals surface area contributed by atoms with Gasteiger partial charge in [0, 0.05) is 18.0 Å². The molecule has 3 nitrogen and oxygen atoms in total. The molecule has 0 bridgehead atoms. The van der Waals surface area contributed by atoms with Crippen LogP contribution in [0.4, 0.5) is 0 Å². The Morgan fingerprint density at radius 1 is 1.54 bits per heavy atom. The van der Waals surface area contributed by atoms with Crippen LogP contribution in [0.5, 0.6) is 0 Å². The molecule has 1 saturated heterocycles. The van der Waals surface area contributed by atoms with Gasteiger partial charge in [-0.05, 0) is 26.4 Å². The second kappa shape index (κ2) is 4.40. The van der Waals surface area contributed by atoms with Crippen LogP contribution in [0, 0.1) is 5.41 Å². The van der Waals surface area contributed by atoms with Crippen molar-refractivity contribution in [3.05, 3.63) is 0 Å². The minimum atomic E-state index is -0.116. The Hall–Kier alpha value is -0.120. The van der Waals surface area contributed by atoms with Crippen molar-refractivity contribution in [2.24, 2.45) is 11.1 Å². The first-order valence-corrected chi connectivity index (χ1v) is 5.15. The molecule has 2 unspecified atom stereocenters. The molecule has 78 valence electrons. The molecule has 3 N–H and O–H groups in total. The van der Waals surface area contributed by atoms with Gasteiger partial charge in [-0.2, -0.15) is 0 Å². The van der Waals surface area contributed by atoms with Crippen molar-refractivity contribution < 1.29 is 5.11 Å². The maximum Gasteiger partial charge on any atom is 0.0511 e. The van der Waals surface area contributed by atoms with Crippen molar-refractivity contribution in [1.82, 2.24) is 4.90 Å². The van der Waals surface area contributed by atoms with Crippen LogP contribution in [0.15, 0.2) is 0 Å². The quantitative estimate of drug-likeness (QED) is 0.672. The Morgan fingerprint density at radius 2 is 2.23 bits per heavy atom. The van der Waals surface area contributed by atoms with E-state index in [1.165, 1.54) is 19.3 Å². The van der Waals surface area contributed by atoms with E-state index < -0.39 is 0 Å². The predicted octanol–water partition coefficient (Wildman–Crippen LogP) is 0.428. The van der Waals surface area contributed by atoms with E-state index in [-0.39, 0.29) is 12.0 Å². The van der Waals surface area contributed by atoms with Crippen molar-refractivity contribution in [1.29, 1.82) is 0 Å². The number of nitrogens with zero attached hydrogens (tertiary/aromatic N) is 1. The average molecular weight is 186 g/mol. The maximum atomic E-state index is 9.35. The van der Waals surface area contributed by atoms with Crippen LogP contribution in [0.3, 0.4) is 0 Å². The first-order valence-electron chi connectivity index (χ1n) is 5.15. The average Bonchev–Trinajstić information content (AvgIpc) is 2.17. The molecule has 0 aromatic rings. The number of nitrogens with two attached hydrogens (primary N) is 1. The third-order valence-corrected chi connectivity index (χ3v) is 3.40. The van der Waals surface area contributed by atoms with E-state index in [0.29, 0.717) is 12.6 Å². The third-order valence-electron chi connectivity index (χ3n) is 3.40. The Kier molecular flexibility index (Phi) is 3.71. The van der Waals surface area contributed by atoms with Crippen LogP contribution in [0.2, 0.25) is 0 Å². The van der Waals surface area contributed by atoms with E-state index in [1.807, 2.05) is 0 Å². The molecular weight excluding hydrogens is 164 g/mol. The SMILES string of the molecule is CN1CCCCC1C(C)(CN)CO. The summed E-state index contributed by atoms with van der Waals surface area (Å²) in [6.07, 6.45) is 3.72. The molecule has 2 atom stereocenters. The van der Waals surface area contributed by atoms with Gasteiger partial charge in [0.25, 0.3) is 0 Å². The highest BCUT2D eigenvalue weighted by atomic mass is 16.3. The largest absolute Gasteiger partial charge is 0.396 e. The highest BCUT2D eigenvalue weighted by Gasteiger charge is 2.36. The molecule has 1 aliphatic rings. The summed E-state index contributed by atoms with van der Waals surface area (Å²) in [5.74, 6) is 0. The Morgan fingerprint density at radius 3 is 2.69 bits per heavy atom. The van der Waals surface area contributed by atoms with Crippen molar-refractivity contribution in [3.63, 3.8) is 0 Å². The zero-order valence-electron chi connectivity index (χ0n) is 8.79. The van der Waals surface area contributed by atoms with Gasteiger partial charge in [0.1, 0.15) is 0 Å². The van der Waals surface area contributed by atoms with E-state index in [4.69, 9.17) is 5.73 Å². The summed E-state index contributed by atoms with van der Waals surface area (Å²) in [6.45, 7) is 3.98. The fourth-order valence-corrected chi connectivity index (χ4v) is 2.26. The zero-order chi connectivity index (χ0) is 9.90. The van der Waals surface area contributed by atoms with E-state index in [2.05, 4.69) is 18.9 Å². The van der Waals surface area contributed by atoms with Gasteiger partial charge in [0.05, 0.1) is 6.61 Å². The number of rotatable bonds is 3. The maximum absolute atomic E-state index is 9.35. The number of hydrogen-bond donors (Lipinski definition) is 2. The summed E-state index contributed by atoms with van der Waals surface area (Å²) in [5, 5.41) is 9.35. The van der Waals surface area contributed by atoms with E-state index in [9.17, 15) is 5.11 Å². The number of aliphatic hydroxyl groups is 1. The number of hydrogen-bond acceptors (Lipinski definition) is 3. The Labute approximate surface area is 80.9 Å². The number of likely N-dealkylation sites (tertiary alicyclic amines) is 1. The van der Waals surface area contributed by atoms with Crippen molar-refractivity contribution in [2.75, 3.05) is 26.7 Å². The summed E-state index contributed by atoms with van der Waals surface area (Å²) >= 11 is 0. The molecule has 1 rings (SSSR count). The van der Waals surface area contributed by atoms with Crippen LogP contribution in [0.1, 0.15) is 26.2 Å². The monoisotopic (exact) mass is 186 g/mol. The van der Waals surface area contributed by atoms with Crippen LogP contribution in [-0.4, -0.2) is 42.8 Å². The van der Waals surface area contributed by atoms with Crippen LogP contribution in [-0.2, 0) is 0 Å². The van der Waals surface area contributed by atoms with Crippen molar-refractivity contribution in [3.8, 4) is 0 Å². The molecule has 0 aromatic carbocycles.